The number of ketones is 1. The van der Waals surface area contributed by atoms with Gasteiger partial charge in [-0.05, 0) is 12.8 Å². The topological polar surface area (TPSA) is 64.0 Å². The van der Waals surface area contributed by atoms with Gasteiger partial charge in [0.05, 0.1) is 19.9 Å². The van der Waals surface area contributed by atoms with E-state index >= 15 is 0 Å². The minimum Gasteiger partial charge on any atom is -0.395 e. The SMILES string of the molecule is O=C1CCCC2=C1N(CCO)CN2CCO. The number of rotatable bonds is 4. The van der Waals surface area contributed by atoms with Crippen LogP contribution in [0.4, 0.5) is 0 Å². The fourth-order valence-electron chi connectivity index (χ4n) is 2.47. The first-order valence-corrected chi connectivity index (χ1v) is 5.76. The molecule has 90 valence electrons. The van der Waals surface area contributed by atoms with Gasteiger partial charge in [-0.15, -0.1) is 0 Å². The quantitative estimate of drug-likeness (QED) is 0.677. The minimum atomic E-state index is 0.0526. The van der Waals surface area contributed by atoms with Crippen LogP contribution >= 0.6 is 0 Å². The average Bonchev–Trinajstić information content (AvgIpc) is 2.60. The van der Waals surface area contributed by atoms with E-state index in [9.17, 15) is 4.79 Å². The molecule has 1 heterocycles. The molecule has 0 spiro atoms. The largest absolute Gasteiger partial charge is 0.395 e. The predicted molar refractivity (Wildman–Crippen MR) is 58.3 cm³/mol. The number of Topliss-reactive ketones (excluding diaryl/α,β-unsaturated/α-hetero) is 1. The fourth-order valence-corrected chi connectivity index (χ4v) is 2.47. The average molecular weight is 226 g/mol. The van der Waals surface area contributed by atoms with Crippen LogP contribution < -0.4 is 0 Å². The second kappa shape index (κ2) is 4.84. The second-order valence-corrected chi connectivity index (χ2v) is 4.19. The van der Waals surface area contributed by atoms with E-state index in [1.807, 2.05) is 9.80 Å². The van der Waals surface area contributed by atoms with Crippen LogP contribution in [0.25, 0.3) is 0 Å². The van der Waals surface area contributed by atoms with Crippen LogP contribution in [-0.4, -0.2) is 58.8 Å². The molecule has 0 aromatic rings. The normalized spacial score (nSPS) is 20.8. The summed E-state index contributed by atoms with van der Waals surface area (Å²) < 4.78 is 0. The van der Waals surface area contributed by atoms with Crippen molar-refractivity contribution in [2.45, 2.75) is 19.3 Å². The summed E-state index contributed by atoms with van der Waals surface area (Å²) in [5.41, 5.74) is 1.83. The van der Waals surface area contributed by atoms with Crippen molar-refractivity contribution in [1.29, 1.82) is 0 Å². The van der Waals surface area contributed by atoms with Crippen LogP contribution in [0.1, 0.15) is 19.3 Å². The number of β-amino-alcohol motifs (C(OH)–C–C–N with tert-alkyl or cyclic N) is 2. The summed E-state index contributed by atoms with van der Waals surface area (Å²) in [4.78, 5) is 15.8. The predicted octanol–water partition coefficient (Wildman–Crippen LogP) is -0.489. The highest BCUT2D eigenvalue weighted by molar-refractivity contribution is 5.96. The molecule has 0 unspecified atom stereocenters. The minimum absolute atomic E-state index is 0.0526. The highest BCUT2D eigenvalue weighted by Crippen LogP contribution is 2.32. The first-order valence-electron chi connectivity index (χ1n) is 5.76. The standard InChI is InChI=1S/C11H18N2O3/c14-6-4-12-8-13(5-7-15)11-9(12)2-1-3-10(11)16/h14-15H,1-8H2. The molecule has 1 aliphatic carbocycles. The zero-order chi connectivity index (χ0) is 11.5. The fraction of sp³-hybridized carbons (Fsp3) is 0.727. The van der Waals surface area contributed by atoms with Crippen LogP contribution in [0.5, 0.6) is 0 Å². The molecule has 0 radical (unpaired) electrons. The van der Waals surface area contributed by atoms with Gasteiger partial charge >= 0.3 is 0 Å². The highest BCUT2D eigenvalue weighted by Gasteiger charge is 2.34. The van der Waals surface area contributed by atoms with E-state index in [0.717, 1.165) is 24.2 Å². The number of hydrogen-bond donors (Lipinski definition) is 2. The number of hydrogen-bond acceptors (Lipinski definition) is 5. The van der Waals surface area contributed by atoms with Gasteiger partial charge in [-0.25, -0.2) is 0 Å². The molecule has 16 heavy (non-hydrogen) atoms. The molecular weight excluding hydrogens is 208 g/mol. The lowest BCUT2D eigenvalue weighted by atomic mass is 10.00. The third-order valence-electron chi connectivity index (χ3n) is 3.13. The van der Waals surface area contributed by atoms with Gasteiger partial charge in [-0.2, -0.15) is 0 Å². The highest BCUT2D eigenvalue weighted by atomic mass is 16.3. The van der Waals surface area contributed by atoms with Crippen LogP contribution in [0.3, 0.4) is 0 Å². The van der Waals surface area contributed by atoms with Gasteiger partial charge in [0.2, 0.25) is 0 Å². The molecule has 2 rings (SSSR count). The third-order valence-corrected chi connectivity index (χ3v) is 3.13. The van der Waals surface area contributed by atoms with Crippen LogP contribution in [0.15, 0.2) is 11.4 Å². The molecule has 0 fully saturated rings. The van der Waals surface area contributed by atoms with Crippen molar-refractivity contribution < 1.29 is 15.0 Å². The van der Waals surface area contributed by atoms with Crippen molar-refractivity contribution in [2.24, 2.45) is 0 Å². The number of aliphatic hydroxyl groups is 2. The van der Waals surface area contributed by atoms with Crippen LogP contribution in [0.2, 0.25) is 0 Å². The molecule has 0 saturated carbocycles. The van der Waals surface area contributed by atoms with Gasteiger partial charge in [0.1, 0.15) is 5.70 Å². The summed E-state index contributed by atoms with van der Waals surface area (Å²) >= 11 is 0. The molecule has 5 heteroatoms. The first-order chi connectivity index (χ1) is 7.77. The van der Waals surface area contributed by atoms with Crippen molar-refractivity contribution in [2.75, 3.05) is 33.0 Å². The number of carbonyl (C=O) groups excluding carboxylic acids is 1. The number of nitrogens with zero attached hydrogens (tertiary/aromatic N) is 2. The smallest absolute Gasteiger partial charge is 0.180 e. The molecule has 0 saturated heterocycles. The molecular formula is C11H18N2O3. The number of carbonyl (C=O) groups is 1. The van der Waals surface area contributed by atoms with Crippen molar-refractivity contribution in [1.82, 2.24) is 9.80 Å². The maximum atomic E-state index is 11.8. The zero-order valence-electron chi connectivity index (χ0n) is 9.35. The van der Waals surface area contributed by atoms with Crippen molar-refractivity contribution in [3.8, 4) is 0 Å². The van der Waals surface area contributed by atoms with Crippen LogP contribution in [0, 0.1) is 0 Å². The van der Waals surface area contributed by atoms with Gasteiger partial charge < -0.3 is 20.0 Å². The van der Waals surface area contributed by atoms with Crippen molar-refractivity contribution in [3.05, 3.63) is 11.4 Å². The lowest BCUT2D eigenvalue weighted by Crippen LogP contribution is -2.32. The lowest BCUT2D eigenvalue weighted by molar-refractivity contribution is -0.117. The van der Waals surface area contributed by atoms with E-state index < -0.39 is 0 Å². The molecule has 5 nitrogen and oxygen atoms in total. The van der Waals surface area contributed by atoms with E-state index in [2.05, 4.69) is 0 Å². The molecule has 2 aliphatic rings. The van der Waals surface area contributed by atoms with E-state index in [-0.39, 0.29) is 19.0 Å². The van der Waals surface area contributed by atoms with E-state index in [4.69, 9.17) is 10.2 Å². The second-order valence-electron chi connectivity index (χ2n) is 4.19. The van der Waals surface area contributed by atoms with E-state index in [0.29, 0.717) is 26.2 Å². The molecule has 0 aromatic carbocycles. The van der Waals surface area contributed by atoms with Crippen LogP contribution in [-0.2, 0) is 4.79 Å². The Morgan fingerprint density at radius 1 is 1.06 bits per heavy atom. The third kappa shape index (κ3) is 1.92. The van der Waals surface area contributed by atoms with Crippen molar-refractivity contribution >= 4 is 5.78 Å². The van der Waals surface area contributed by atoms with Gasteiger partial charge in [0, 0.05) is 25.2 Å². The molecule has 0 aromatic heterocycles. The Balaban J connectivity index is 2.21. The summed E-state index contributed by atoms with van der Waals surface area (Å²) in [5.74, 6) is 0.176. The van der Waals surface area contributed by atoms with Crippen molar-refractivity contribution in [3.63, 3.8) is 0 Å². The lowest BCUT2D eigenvalue weighted by Gasteiger charge is -2.22. The Morgan fingerprint density at radius 3 is 2.44 bits per heavy atom. The Morgan fingerprint density at radius 2 is 1.75 bits per heavy atom. The molecule has 2 N–H and O–H groups in total. The summed E-state index contributed by atoms with van der Waals surface area (Å²) in [6.45, 7) is 1.83. The first kappa shape index (κ1) is 11.4. The summed E-state index contributed by atoms with van der Waals surface area (Å²) in [5, 5.41) is 18.0. The summed E-state index contributed by atoms with van der Waals surface area (Å²) in [7, 11) is 0. The molecule has 0 bridgehead atoms. The van der Waals surface area contributed by atoms with E-state index in [1.54, 1.807) is 0 Å². The molecule has 0 amide bonds. The summed E-state index contributed by atoms with van der Waals surface area (Å²) in [6, 6.07) is 0. The van der Waals surface area contributed by atoms with Gasteiger partial charge in [-0.3, -0.25) is 4.79 Å². The Hall–Kier alpha value is -1.07. The van der Waals surface area contributed by atoms with Gasteiger partial charge in [0.25, 0.3) is 0 Å². The number of allylic oxidation sites excluding steroid dienone is 2. The van der Waals surface area contributed by atoms with Gasteiger partial charge in [0.15, 0.2) is 5.78 Å². The van der Waals surface area contributed by atoms with Gasteiger partial charge in [-0.1, -0.05) is 0 Å². The maximum absolute atomic E-state index is 11.8. The monoisotopic (exact) mass is 226 g/mol. The molecule has 0 atom stereocenters. The Bertz CT molecular complexity index is 314. The number of aliphatic hydroxyl groups excluding tert-OH is 2. The maximum Gasteiger partial charge on any atom is 0.180 e. The Labute approximate surface area is 95.0 Å². The summed E-state index contributed by atoms with van der Waals surface area (Å²) in [6.07, 6.45) is 2.41. The van der Waals surface area contributed by atoms with E-state index in [1.165, 1.54) is 0 Å². The molecule has 1 aliphatic heterocycles. The zero-order valence-corrected chi connectivity index (χ0v) is 9.35. The Kier molecular flexibility index (Phi) is 3.46.